The molecule has 14 heavy (non-hydrogen) atoms. The monoisotopic (exact) mass is 193 g/mol. The highest BCUT2D eigenvalue weighted by Crippen LogP contribution is 2.21. The standard InChI is InChI=1S/C12H19NO/c1-4-10(3)9-11(13-5-2)12-7-6-8-14-12/h6-8,11,13H,3-5,9H2,1-2H3. The van der Waals surface area contributed by atoms with Gasteiger partial charge in [0.25, 0.3) is 0 Å². The Morgan fingerprint density at radius 3 is 2.86 bits per heavy atom. The molecule has 0 aliphatic carbocycles. The molecule has 1 aromatic rings. The average Bonchev–Trinajstić information content (AvgIpc) is 2.69. The molecule has 2 nitrogen and oxygen atoms in total. The van der Waals surface area contributed by atoms with Crippen molar-refractivity contribution in [2.75, 3.05) is 6.54 Å². The van der Waals surface area contributed by atoms with E-state index in [2.05, 4.69) is 25.7 Å². The van der Waals surface area contributed by atoms with Crippen LogP contribution in [0.1, 0.15) is 38.5 Å². The third kappa shape index (κ3) is 3.04. The summed E-state index contributed by atoms with van der Waals surface area (Å²) in [6.07, 6.45) is 3.70. The van der Waals surface area contributed by atoms with Crippen molar-refractivity contribution in [3.05, 3.63) is 36.3 Å². The molecule has 0 aliphatic rings. The van der Waals surface area contributed by atoms with Crippen molar-refractivity contribution in [1.82, 2.24) is 5.32 Å². The van der Waals surface area contributed by atoms with Crippen LogP contribution in [0.4, 0.5) is 0 Å². The fourth-order valence-electron chi connectivity index (χ4n) is 1.44. The van der Waals surface area contributed by atoms with Crippen molar-refractivity contribution in [3.8, 4) is 0 Å². The average molecular weight is 193 g/mol. The molecule has 0 bridgehead atoms. The van der Waals surface area contributed by atoms with Gasteiger partial charge < -0.3 is 9.73 Å². The Hall–Kier alpha value is -1.02. The predicted octanol–water partition coefficient (Wildman–Crippen LogP) is 3.29. The van der Waals surface area contributed by atoms with Crippen molar-refractivity contribution in [3.63, 3.8) is 0 Å². The Kier molecular flexibility index (Phi) is 4.47. The van der Waals surface area contributed by atoms with Crippen LogP contribution < -0.4 is 5.32 Å². The molecule has 1 heterocycles. The summed E-state index contributed by atoms with van der Waals surface area (Å²) < 4.78 is 5.39. The fourth-order valence-corrected chi connectivity index (χ4v) is 1.44. The van der Waals surface area contributed by atoms with Gasteiger partial charge in [0.1, 0.15) is 5.76 Å². The van der Waals surface area contributed by atoms with Crippen LogP contribution in [-0.2, 0) is 0 Å². The molecule has 1 unspecified atom stereocenters. The van der Waals surface area contributed by atoms with Gasteiger partial charge in [0.2, 0.25) is 0 Å². The lowest BCUT2D eigenvalue weighted by Gasteiger charge is -2.16. The van der Waals surface area contributed by atoms with Gasteiger partial charge in [0.05, 0.1) is 12.3 Å². The largest absolute Gasteiger partial charge is 0.468 e. The highest BCUT2D eigenvalue weighted by atomic mass is 16.3. The summed E-state index contributed by atoms with van der Waals surface area (Å²) in [5.74, 6) is 1.00. The van der Waals surface area contributed by atoms with E-state index in [4.69, 9.17) is 4.42 Å². The lowest BCUT2D eigenvalue weighted by molar-refractivity contribution is 0.414. The van der Waals surface area contributed by atoms with Crippen LogP contribution >= 0.6 is 0 Å². The zero-order valence-electron chi connectivity index (χ0n) is 9.05. The molecular weight excluding hydrogens is 174 g/mol. The minimum atomic E-state index is 0.280. The molecule has 1 rings (SSSR count). The fraction of sp³-hybridized carbons (Fsp3) is 0.500. The summed E-state index contributed by atoms with van der Waals surface area (Å²) in [7, 11) is 0. The number of furan rings is 1. The second-order valence-electron chi connectivity index (χ2n) is 3.43. The topological polar surface area (TPSA) is 25.2 Å². The molecule has 0 saturated carbocycles. The molecule has 0 fully saturated rings. The van der Waals surface area contributed by atoms with E-state index < -0.39 is 0 Å². The Balaban J connectivity index is 2.60. The Morgan fingerprint density at radius 2 is 2.36 bits per heavy atom. The third-order valence-electron chi connectivity index (χ3n) is 2.33. The van der Waals surface area contributed by atoms with Crippen LogP contribution in [0.15, 0.2) is 35.0 Å². The smallest absolute Gasteiger partial charge is 0.120 e. The Morgan fingerprint density at radius 1 is 1.57 bits per heavy atom. The molecule has 1 atom stereocenters. The first kappa shape index (κ1) is 11.1. The van der Waals surface area contributed by atoms with E-state index in [-0.39, 0.29) is 6.04 Å². The van der Waals surface area contributed by atoms with Gasteiger partial charge in [0, 0.05) is 0 Å². The maximum Gasteiger partial charge on any atom is 0.120 e. The van der Waals surface area contributed by atoms with Crippen molar-refractivity contribution in [2.24, 2.45) is 0 Å². The van der Waals surface area contributed by atoms with Gasteiger partial charge in [-0.3, -0.25) is 0 Å². The second-order valence-corrected chi connectivity index (χ2v) is 3.43. The third-order valence-corrected chi connectivity index (χ3v) is 2.33. The normalized spacial score (nSPS) is 12.7. The highest BCUT2D eigenvalue weighted by Gasteiger charge is 2.13. The SMILES string of the molecule is C=C(CC)CC(NCC)c1ccco1. The lowest BCUT2D eigenvalue weighted by Crippen LogP contribution is -2.20. The molecule has 0 saturated heterocycles. The summed E-state index contributed by atoms with van der Waals surface area (Å²) >= 11 is 0. The molecule has 78 valence electrons. The van der Waals surface area contributed by atoms with Gasteiger partial charge in [-0.2, -0.15) is 0 Å². The van der Waals surface area contributed by atoms with Gasteiger partial charge in [-0.05, 0) is 31.5 Å². The van der Waals surface area contributed by atoms with E-state index in [1.165, 1.54) is 5.57 Å². The molecule has 0 spiro atoms. The number of hydrogen-bond acceptors (Lipinski definition) is 2. The number of nitrogens with one attached hydrogen (secondary N) is 1. The molecule has 2 heteroatoms. The molecule has 0 radical (unpaired) electrons. The summed E-state index contributed by atoms with van der Waals surface area (Å²) in [5.41, 5.74) is 1.26. The first-order valence-electron chi connectivity index (χ1n) is 5.21. The number of hydrogen-bond donors (Lipinski definition) is 1. The van der Waals surface area contributed by atoms with Gasteiger partial charge >= 0.3 is 0 Å². The van der Waals surface area contributed by atoms with E-state index in [0.29, 0.717) is 0 Å². The first-order valence-corrected chi connectivity index (χ1v) is 5.21. The Labute approximate surface area is 86.0 Å². The maximum atomic E-state index is 5.39. The molecule has 1 N–H and O–H groups in total. The van der Waals surface area contributed by atoms with E-state index in [9.17, 15) is 0 Å². The van der Waals surface area contributed by atoms with Crippen LogP contribution in [-0.4, -0.2) is 6.54 Å². The number of rotatable bonds is 6. The van der Waals surface area contributed by atoms with E-state index in [1.807, 2.05) is 12.1 Å². The minimum Gasteiger partial charge on any atom is -0.468 e. The predicted molar refractivity (Wildman–Crippen MR) is 59.2 cm³/mol. The first-order chi connectivity index (χ1) is 6.77. The van der Waals surface area contributed by atoms with Crippen LogP contribution in [0.2, 0.25) is 0 Å². The van der Waals surface area contributed by atoms with Gasteiger partial charge in [0.15, 0.2) is 0 Å². The van der Waals surface area contributed by atoms with Crippen molar-refractivity contribution >= 4 is 0 Å². The van der Waals surface area contributed by atoms with Crippen LogP contribution in [0, 0.1) is 0 Å². The van der Waals surface area contributed by atoms with Crippen molar-refractivity contribution < 1.29 is 4.42 Å². The summed E-state index contributed by atoms with van der Waals surface area (Å²) in [5, 5.41) is 3.40. The maximum absolute atomic E-state index is 5.39. The highest BCUT2D eigenvalue weighted by molar-refractivity contribution is 5.09. The summed E-state index contributed by atoms with van der Waals surface area (Å²) in [6, 6.07) is 4.22. The Bertz CT molecular complexity index is 264. The van der Waals surface area contributed by atoms with Gasteiger partial charge in [-0.1, -0.05) is 26.0 Å². The molecule has 1 aromatic heterocycles. The minimum absolute atomic E-state index is 0.280. The van der Waals surface area contributed by atoms with Gasteiger partial charge in [-0.25, -0.2) is 0 Å². The van der Waals surface area contributed by atoms with Crippen molar-refractivity contribution in [1.29, 1.82) is 0 Å². The zero-order valence-corrected chi connectivity index (χ0v) is 9.05. The summed E-state index contributed by atoms with van der Waals surface area (Å²) in [4.78, 5) is 0. The zero-order chi connectivity index (χ0) is 10.4. The summed E-state index contributed by atoms with van der Waals surface area (Å²) in [6.45, 7) is 9.20. The van der Waals surface area contributed by atoms with Crippen LogP contribution in [0.3, 0.4) is 0 Å². The van der Waals surface area contributed by atoms with Gasteiger partial charge in [-0.15, -0.1) is 0 Å². The quantitative estimate of drug-likeness (QED) is 0.701. The molecule has 0 amide bonds. The molecule has 0 aromatic carbocycles. The lowest BCUT2D eigenvalue weighted by atomic mass is 10.0. The van der Waals surface area contributed by atoms with E-state index in [0.717, 1.165) is 25.1 Å². The molecular formula is C12H19NO. The second kappa shape index (κ2) is 5.66. The van der Waals surface area contributed by atoms with E-state index >= 15 is 0 Å². The molecule has 0 aliphatic heterocycles. The van der Waals surface area contributed by atoms with Crippen LogP contribution in [0.25, 0.3) is 0 Å². The van der Waals surface area contributed by atoms with Crippen LogP contribution in [0.5, 0.6) is 0 Å². The van der Waals surface area contributed by atoms with E-state index in [1.54, 1.807) is 6.26 Å². The van der Waals surface area contributed by atoms with Crippen molar-refractivity contribution in [2.45, 2.75) is 32.7 Å².